The largest absolute Gasteiger partial charge is 0.325 e. The van der Waals surface area contributed by atoms with E-state index in [0.717, 1.165) is 49.5 Å². The Kier molecular flexibility index (Phi) is 5.79. The third-order valence-electron chi connectivity index (χ3n) is 4.55. The molecule has 0 aromatic heterocycles. The van der Waals surface area contributed by atoms with Crippen molar-refractivity contribution in [1.29, 1.82) is 0 Å². The predicted molar refractivity (Wildman–Crippen MR) is 97.9 cm³/mol. The third kappa shape index (κ3) is 5.11. The molecular weight excluding hydrogens is 317 g/mol. The highest BCUT2D eigenvalue weighted by Crippen LogP contribution is 2.14. The molecule has 0 spiro atoms. The van der Waals surface area contributed by atoms with Crippen LogP contribution < -0.4 is 5.32 Å². The highest BCUT2D eigenvalue weighted by atomic mass is 19.1. The number of amides is 1. The van der Waals surface area contributed by atoms with Gasteiger partial charge in [0.2, 0.25) is 5.91 Å². The van der Waals surface area contributed by atoms with E-state index in [1.165, 1.54) is 6.07 Å². The number of hydrogen-bond donors (Lipinski definition) is 1. The van der Waals surface area contributed by atoms with Gasteiger partial charge >= 0.3 is 0 Å². The second kappa shape index (κ2) is 8.23. The molecule has 25 heavy (non-hydrogen) atoms. The highest BCUT2D eigenvalue weighted by molar-refractivity contribution is 5.92. The Balaban J connectivity index is 1.44. The standard InChI is InChI=1S/C20H24FN3O/c1-16-5-2-3-8-19(16)22-20(25)15-24-11-9-23(10-12-24)14-17-6-4-7-18(21)13-17/h2-8,13H,9-12,14-15H2,1H3,(H,22,25). The minimum absolute atomic E-state index is 0.0212. The molecule has 1 heterocycles. The molecule has 5 heteroatoms. The lowest BCUT2D eigenvalue weighted by molar-refractivity contribution is -0.117. The molecule has 132 valence electrons. The number of nitrogens with zero attached hydrogens (tertiary/aromatic N) is 2. The summed E-state index contributed by atoms with van der Waals surface area (Å²) < 4.78 is 13.3. The van der Waals surface area contributed by atoms with Gasteiger partial charge in [0, 0.05) is 38.4 Å². The monoisotopic (exact) mass is 341 g/mol. The Morgan fingerprint density at radius 1 is 1.04 bits per heavy atom. The maximum absolute atomic E-state index is 13.3. The first-order valence-electron chi connectivity index (χ1n) is 8.65. The van der Waals surface area contributed by atoms with Gasteiger partial charge in [0.1, 0.15) is 5.82 Å². The van der Waals surface area contributed by atoms with Crippen LogP contribution in [0.4, 0.5) is 10.1 Å². The molecule has 0 aliphatic carbocycles. The summed E-state index contributed by atoms with van der Waals surface area (Å²) in [5.41, 5.74) is 2.93. The van der Waals surface area contributed by atoms with E-state index in [9.17, 15) is 9.18 Å². The Bertz CT molecular complexity index is 726. The number of carbonyl (C=O) groups is 1. The number of aryl methyl sites for hydroxylation is 1. The van der Waals surface area contributed by atoms with E-state index in [1.807, 2.05) is 37.3 Å². The fourth-order valence-electron chi connectivity index (χ4n) is 3.11. The molecule has 1 amide bonds. The lowest BCUT2D eigenvalue weighted by Gasteiger charge is -2.34. The predicted octanol–water partition coefficient (Wildman–Crippen LogP) is 2.89. The molecule has 3 rings (SSSR count). The van der Waals surface area contributed by atoms with Gasteiger partial charge in [-0.1, -0.05) is 30.3 Å². The minimum Gasteiger partial charge on any atom is -0.325 e. The van der Waals surface area contributed by atoms with Gasteiger partial charge < -0.3 is 5.32 Å². The van der Waals surface area contributed by atoms with E-state index in [4.69, 9.17) is 0 Å². The van der Waals surface area contributed by atoms with Crippen molar-refractivity contribution in [2.75, 3.05) is 38.0 Å². The summed E-state index contributed by atoms with van der Waals surface area (Å²) in [4.78, 5) is 16.7. The fourth-order valence-corrected chi connectivity index (χ4v) is 3.11. The van der Waals surface area contributed by atoms with Crippen LogP contribution in [0.5, 0.6) is 0 Å². The Labute approximate surface area is 148 Å². The van der Waals surface area contributed by atoms with Crippen LogP contribution in [0.3, 0.4) is 0 Å². The first-order chi connectivity index (χ1) is 12.1. The molecule has 0 unspecified atom stereocenters. The summed E-state index contributed by atoms with van der Waals surface area (Å²) in [6.45, 7) is 6.60. The molecule has 1 aliphatic rings. The second-order valence-electron chi connectivity index (χ2n) is 6.55. The maximum atomic E-state index is 13.3. The maximum Gasteiger partial charge on any atom is 0.238 e. The smallest absolute Gasteiger partial charge is 0.238 e. The van der Waals surface area contributed by atoms with Crippen LogP contribution in [0.1, 0.15) is 11.1 Å². The number of benzene rings is 2. The van der Waals surface area contributed by atoms with Crippen LogP contribution in [0, 0.1) is 12.7 Å². The number of carbonyl (C=O) groups excluding carboxylic acids is 1. The minimum atomic E-state index is -0.191. The number of rotatable bonds is 5. The number of anilines is 1. The van der Waals surface area contributed by atoms with Crippen LogP contribution in [-0.4, -0.2) is 48.4 Å². The molecule has 0 saturated carbocycles. The summed E-state index contributed by atoms with van der Waals surface area (Å²) >= 11 is 0. The van der Waals surface area contributed by atoms with Crippen LogP contribution in [-0.2, 0) is 11.3 Å². The van der Waals surface area contributed by atoms with Gasteiger partial charge in [0.05, 0.1) is 6.54 Å². The van der Waals surface area contributed by atoms with E-state index in [1.54, 1.807) is 12.1 Å². The summed E-state index contributed by atoms with van der Waals surface area (Å²) in [5.74, 6) is -0.170. The van der Waals surface area contributed by atoms with Crippen molar-refractivity contribution in [3.63, 3.8) is 0 Å². The molecule has 0 atom stereocenters. The van der Waals surface area contributed by atoms with Gasteiger partial charge in [-0.05, 0) is 36.2 Å². The fraction of sp³-hybridized carbons (Fsp3) is 0.350. The molecule has 2 aromatic carbocycles. The zero-order valence-electron chi connectivity index (χ0n) is 14.5. The lowest BCUT2D eigenvalue weighted by atomic mass is 10.2. The molecule has 0 radical (unpaired) electrons. The van der Waals surface area contributed by atoms with Crippen molar-refractivity contribution in [2.45, 2.75) is 13.5 Å². The molecule has 4 nitrogen and oxygen atoms in total. The van der Waals surface area contributed by atoms with Crippen LogP contribution in [0.25, 0.3) is 0 Å². The SMILES string of the molecule is Cc1ccccc1NC(=O)CN1CCN(Cc2cccc(F)c2)CC1. The second-order valence-corrected chi connectivity index (χ2v) is 6.55. The Morgan fingerprint density at radius 2 is 1.76 bits per heavy atom. The molecular formula is C20H24FN3O. The van der Waals surface area contributed by atoms with Crippen molar-refractivity contribution in [3.8, 4) is 0 Å². The van der Waals surface area contributed by atoms with Gasteiger partial charge in [-0.25, -0.2) is 4.39 Å². The van der Waals surface area contributed by atoms with E-state index in [0.29, 0.717) is 6.54 Å². The molecule has 0 bridgehead atoms. The van der Waals surface area contributed by atoms with E-state index in [2.05, 4.69) is 15.1 Å². The Morgan fingerprint density at radius 3 is 2.48 bits per heavy atom. The first-order valence-corrected chi connectivity index (χ1v) is 8.65. The number of piperazine rings is 1. The number of hydrogen-bond acceptors (Lipinski definition) is 3. The average molecular weight is 341 g/mol. The van der Waals surface area contributed by atoms with Gasteiger partial charge in [-0.15, -0.1) is 0 Å². The summed E-state index contributed by atoms with van der Waals surface area (Å²) in [6, 6.07) is 14.5. The van der Waals surface area contributed by atoms with Crippen molar-refractivity contribution in [1.82, 2.24) is 9.80 Å². The topological polar surface area (TPSA) is 35.6 Å². The average Bonchev–Trinajstić information content (AvgIpc) is 2.59. The molecule has 1 N–H and O–H groups in total. The summed E-state index contributed by atoms with van der Waals surface area (Å²) in [6.07, 6.45) is 0. The van der Waals surface area contributed by atoms with Crippen molar-refractivity contribution < 1.29 is 9.18 Å². The van der Waals surface area contributed by atoms with Crippen LogP contribution in [0.2, 0.25) is 0 Å². The number of halogens is 1. The zero-order valence-corrected chi connectivity index (χ0v) is 14.5. The molecule has 1 fully saturated rings. The molecule has 1 aliphatic heterocycles. The molecule has 1 saturated heterocycles. The number of para-hydroxylation sites is 1. The first kappa shape index (κ1) is 17.6. The quantitative estimate of drug-likeness (QED) is 0.908. The van der Waals surface area contributed by atoms with E-state index in [-0.39, 0.29) is 11.7 Å². The van der Waals surface area contributed by atoms with E-state index < -0.39 is 0 Å². The van der Waals surface area contributed by atoms with Crippen molar-refractivity contribution in [3.05, 3.63) is 65.5 Å². The zero-order chi connectivity index (χ0) is 17.6. The Hall–Kier alpha value is -2.24. The highest BCUT2D eigenvalue weighted by Gasteiger charge is 2.19. The van der Waals surface area contributed by atoms with Crippen LogP contribution >= 0.6 is 0 Å². The van der Waals surface area contributed by atoms with Gasteiger partial charge in [0.25, 0.3) is 0 Å². The van der Waals surface area contributed by atoms with Crippen molar-refractivity contribution >= 4 is 11.6 Å². The van der Waals surface area contributed by atoms with Crippen LogP contribution in [0.15, 0.2) is 48.5 Å². The van der Waals surface area contributed by atoms with E-state index >= 15 is 0 Å². The van der Waals surface area contributed by atoms with Gasteiger partial charge in [0.15, 0.2) is 0 Å². The van der Waals surface area contributed by atoms with Crippen molar-refractivity contribution in [2.24, 2.45) is 0 Å². The number of nitrogens with one attached hydrogen (secondary N) is 1. The third-order valence-corrected chi connectivity index (χ3v) is 4.55. The van der Waals surface area contributed by atoms with Gasteiger partial charge in [-0.2, -0.15) is 0 Å². The lowest BCUT2D eigenvalue weighted by Crippen LogP contribution is -2.48. The normalized spacial score (nSPS) is 15.9. The molecule has 2 aromatic rings. The van der Waals surface area contributed by atoms with Gasteiger partial charge in [-0.3, -0.25) is 14.6 Å². The summed E-state index contributed by atoms with van der Waals surface area (Å²) in [5, 5.41) is 2.98. The summed E-state index contributed by atoms with van der Waals surface area (Å²) in [7, 11) is 0.